The summed E-state index contributed by atoms with van der Waals surface area (Å²) in [5, 5.41) is 15.2. The first kappa shape index (κ1) is 23.4. The van der Waals surface area contributed by atoms with Crippen molar-refractivity contribution in [3.63, 3.8) is 0 Å². The van der Waals surface area contributed by atoms with Crippen molar-refractivity contribution < 1.29 is 4.74 Å². The second kappa shape index (κ2) is 12.0. The van der Waals surface area contributed by atoms with E-state index in [9.17, 15) is 0 Å². The topological polar surface area (TPSA) is 79.6 Å². The molecule has 0 spiro atoms. The van der Waals surface area contributed by atoms with Crippen LogP contribution in [-0.2, 0) is 18.3 Å². The lowest BCUT2D eigenvalue weighted by molar-refractivity contribution is 0.192. The number of hydrogen-bond acceptors (Lipinski definition) is 5. The van der Waals surface area contributed by atoms with E-state index in [-0.39, 0.29) is 24.0 Å². The zero-order valence-corrected chi connectivity index (χ0v) is 19.8. The van der Waals surface area contributed by atoms with Crippen LogP contribution in [-0.4, -0.2) is 60.1 Å². The van der Waals surface area contributed by atoms with Crippen molar-refractivity contribution in [3.8, 4) is 0 Å². The smallest absolute Gasteiger partial charge is 0.192 e. The summed E-state index contributed by atoms with van der Waals surface area (Å²) in [5.74, 6) is 2.55. The minimum atomic E-state index is 0. The Hall–Kier alpha value is -1.88. The number of ether oxygens (including phenoxy) is 1. The van der Waals surface area contributed by atoms with Gasteiger partial charge in [-0.05, 0) is 31.9 Å². The molecule has 0 bridgehead atoms. The fourth-order valence-corrected chi connectivity index (χ4v) is 3.07. The van der Waals surface area contributed by atoms with Crippen molar-refractivity contribution in [1.29, 1.82) is 0 Å². The SMILES string of the molecule is Cc1nnc(CN=C(NCCCN(C)c2ccccc2)NC2CCOC2)n1C.I. The minimum Gasteiger partial charge on any atom is -0.379 e. The van der Waals surface area contributed by atoms with E-state index in [1.54, 1.807) is 0 Å². The van der Waals surface area contributed by atoms with Crippen molar-refractivity contribution in [2.75, 3.05) is 38.3 Å². The van der Waals surface area contributed by atoms with Gasteiger partial charge in [0, 0.05) is 39.5 Å². The number of anilines is 1. The van der Waals surface area contributed by atoms with Crippen molar-refractivity contribution >= 4 is 35.6 Å². The van der Waals surface area contributed by atoms with Crippen LogP contribution in [0.25, 0.3) is 0 Å². The van der Waals surface area contributed by atoms with E-state index in [1.165, 1.54) is 5.69 Å². The van der Waals surface area contributed by atoms with Gasteiger partial charge in [-0.25, -0.2) is 4.99 Å². The highest BCUT2D eigenvalue weighted by atomic mass is 127. The number of guanidine groups is 1. The molecule has 0 aliphatic carbocycles. The van der Waals surface area contributed by atoms with Crippen LogP contribution < -0.4 is 15.5 Å². The van der Waals surface area contributed by atoms with E-state index in [0.29, 0.717) is 12.6 Å². The predicted octanol–water partition coefficient (Wildman–Crippen LogP) is 2.09. The Morgan fingerprint density at radius 3 is 2.76 bits per heavy atom. The maximum atomic E-state index is 5.47. The van der Waals surface area contributed by atoms with Crippen LogP contribution in [0.4, 0.5) is 5.69 Å². The number of aliphatic imine (C=N–C) groups is 1. The molecule has 1 aliphatic heterocycles. The third-order valence-electron chi connectivity index (χ3n) is 4.99. The maximum Gasteiger partial charge on any atom is 0.192 e. The van der Waals surface area contributed by atoms with Crippen molar-refractivity contribution in [2.45, 2.75) is 32.4 Å². The van der Waals surface area contributed by atoms with Gasteiger partial charge in [0.25, 0.3) is 0 Å². The molecule has 1 atom stereocenters. The average molecular weight is 513 g/mol. The predicted molar refractivity (Wildman–Crippen MR) is 127 cm³/mol. The van der Waals surface area contributed by atoms with Crippen LogP contribution in [0, 0.1) is 6.92 Å². The molecule has 3 rings (SSSR count). The summed E-state index contributed by atoms with van der Waals surface area (Å²) in [7, 11) is 4.08. The van der Waals surface area contributed by atoms with E-state index in [2.05, 4.69) is 57.0 Å². The zero-order valence-electron chi connectivity index (χ0n) is 17.5. The summed E-state index contributed by atoms with van der Waals surface area (Å²) in [6.07, 6.45) is 2.01. The molecule has 29 heavy (non-hydrogen) atoms. The number of hydrogen-bond donors (Lipinski definition) is 2. The van der Waals surface area contributed by atoms with Crippen LogP contribution in [0.5, 0.6) is 0 Å². The Bertz CT molecular complexity index is 759. The summed E-state index contributed by atoms with van der Waals surface area (Å²) in [5.41, 5.74) is 1.23. The zero-order chi connectivity index (χ0) is 19.8. The lowest BCUT2D eigenvalue weighted by atomic mass is 10.2. The molecule has 2 N–H and O–H groups in total. The second-order valence-electron chi connectivity index (χ2n) is 7.13. The summed E-state index contributed by atoms with van der Waals surface area (Å²) in [6, 6.07) is 10.7. The summed E-state index contributed by atoms with van der Waals surface area (Å²) in [6.45, 7) is 5.77. The molecule has 1 aromatic heterocycles. The van der Waals surface area contributed by atoms with E-state index in [1.807, 2.05) is 24.6 Å². The molecule has 8 nitrogen and oxygen atoms in total. The van der Waals surface area contributed by atoms with E-state index < -0.39 is 0 Å². The largest absolute Gasteiger partial charge is 0.379 e. The lowest BCUT2D eigenvalue weighted by Gasteiger charge is -2.20. The number of aromatic nitrogens is 3. The molecule has 0 saturated carbocycles. The summed E-state index contributed by atoms with van der Waals surface area (Å²) >= 11 is 0. The molecule has 160 valence electrons. The van der Waals surface area contributed by atoms with Crippen LogP contribution in [0.3, 0.4) is 0 Å². The lowest BCUT2D eigenvalue weighted by Crippen LogP contribution is -2.44. The van der Waals surface area contributed by atoms with Crippen molar-refractivity contribution in [2.24, 2.45) is 12.0 Å². The van der Waals surface area contributed by atoms with Crippen LogP contribution in [0.15, 0.2) is 35.3 Å². The van der Waals surface area contributed by atoms with E-state index >= 15 is 0 Å². The van der Waals surface area contributed by atoms with Gasteiger partial charge in [-0.1, -0.05) is 18.2 Å². The van der Waals surface area contributed by atoms with Gasteiger partial charge in [0.1, 0.15) is 12.4 Å². The molecule has 0 amide bonds. The number of rotatable bonds is 8. The highest BCUT2D eigenvalue weighted by molar-refractivity contribution is 14.0. The van der Waals surface area contributed by atoms with Crippen molar-refractivity contribution in [1.82, 2.24) is 25.4 Å². The van der Waals surface area contributed by atoms with Crippen molar-refractivity contribution in [3.05, 3.63) is 42.0 Å². The molecule has 2 aromatic rings. The molecule has 1 aliphatic rings. The number of nitrogens with one attached hydrogen (secondary N) is 2. The van der Waals surface area contributed by atoms with Gasteiger partial charge in [-0.2, -0.15) is 0 Å². The summed E-state index contributed by atoms with van der Waals surface area (Å²) < 4.78 is 7.44. The van der Waals surface area contributed by atoms with E-state index in [4.69, 9.17) is 9.73 Å². The first-order chi connectivity index (χ1) is 13.6. The van der Waals surface area contributed by atoms with Crippen LogP contribution >= 0.6 is 24.0 Å². The highest BCUT2D eigenvalue weighted by Gasteiger charge is 2.17. The van der Waals surface area contributed by atoms with E-state index in [0.717, 1.165) is 56.8 Å². The molecule has 9 heteroatoms. The van der Waals surface area contributed by atoms with Gasteiger partial charge in [-0.3, -0.25) is 0 Å². The fraction of sp³-hybridized carbons (Fsp3) is 0.550. The minimum absolute atomic E-state index is 0. The Morgan fingerprint density at radius 2 is 2.10 bits per heavy atom. The molecular weight excluding hydrogens is 481 g/mol. The number of benzene rings is 1. The number of aryl methyl sites for hydroxylation is 1. The molecule has 1 fully saturated rings. The Labute approximate surface area is 190 Å². The molecule has 2 heterocycles. The summed E-state index contributed by atoms with van der Waals surface area (Å²) in [4.78, 5) is 6.97. The fourth-order valence-electron chi connectivity index (χ4n) is 3.07. The first-order valence-corrected chi connectivity index (χ1v) is 9.87. The molecule has 0 radical (unpaired) electrons. The van der Waals surface area contributed by atoms with Gasteiger partial charge in [-0.15, -0.1) is 34.2 Å². The number of halogens is 1. The van der Waals surface area contributed by atoms with Gasteiger partial charge < -0.3 is 24.8 Å². The monoisotopic (exact) mass is 513 g/mol. The Kier molecular flexibility index (Phi) is 9.65. The molecule has 1 aromatic carbocycles. The Balaban J connectivity index is 0.00000300. The quantitative estimate of drug-likeness (QED) is 0.244. The first-order valence-electron chi connectivity index (χ1n) is 9.87. The normalized spacial score (nSPS) is 16.4. The van der Waals surface area contributed by atoms with Crippen LogP contribution in [0.1, 0.15) is 24.5 Å². The van der Waals surface area contributed by atoms with Gasteiger partial charge in [0.2, 0.25) is 0 Å². The number of nitrogens with zero attached hydrogens (tertiary/aromatic N) is 5. The second-order valence-corrected chi connectivity index (χ2v) is 7.13. The molecule has 1 unspecified atom stereocenters. The third kappa shape index (κ3) is 7.14. The van der Waals surface area contributed by atoms with Gasteiger partial charge in [0.15, 0.2) is 11.8 Å². The number of para-hydroxylation sites is 1. The molecular formula is C20H32IN7O. The standard InChI is InChI=1S/C20H31N7O.HI/c1-16-24-25-19(27(16)3)14-22-20(23-17-10-13-28-15-17)21-11-7-12-26(2)18-8-5-4-6-9-18;/h4-6,8-9,17H,7,10-15H2,1-3H3,(H2,21,22,23);1H. The highest BCUT2D eigenvalue weighted by Crippen LogP contribution is 2.10. The van der Waals surface area contributed by atoms with Crippen LogP contribution in [0.2, 0.25) is 0 Å². The molecule has 1 saturated heterocycles. The Morgan fingerprint density at radius 1 is 1.31 bits per heavy atom. The average Bonchev–Trinajstić information content (AvgIpc) is 3.34. The van der Waals surface area contributed by atoms with Gasteiger partial charge >= 0.3 is 0 Å². The van der Waals surface area contributed by atoms with Gasteiger partial charge in [0.05, 0.1) is 12.6 Å². The maximum absolute atomic E-state index is 5.47. The third-order valence-corrected chi connectivity index (χ3v) is 4.99.